The second-order valence-electron chi connectivity index (χ2n) is 11.7. The van der Waals surface area contributed by atoms with Gasteiger partial charge in [-0.15, -0.1) is 0 Å². The van der Waals surface area contributed by atoms with Gasteiger partial charge in [-0.2, -0.15) is 0 Å². The van der Waals surface area contributed by atoms with Gasteiger partial charge in [0.1, 0.15) is 17.3 Å². The molecule has 0 spiro atoms. The second-order valence-corrected chi connectivity index (χ2v) is 11.7. The molecule has 1 aliphatic carbocycles. The SMILES string of the molecule is O=C(NC(Cc1c[nH]c2ccccc12)C(=O)NCc1cccc2c1CCCC2)c1cccc(-c2cc(O)c3ncccc3c2)c1. The van der Waals surface area contributed by atoms with Crippen LogP contribution in [0.4, 0.5) is 0 Å². The Kier molecular flexibility index (Phi) is 7.74. The molecule has 1 atom stereocenters. The molecule has 45 heavy (non-hydrogen) atoms. The molecule has 0 bridgehead atoms. The molecule has 6 aromatic rings. The number of fused-ring (bicyclic) bond motifs is 3. The third-order valence-electron chi connectivity index (χ3n) is 8.81. The maximum Gasteiger partial charge on any atom is 0.251 e. The van der Waals surface area contributed by atoms with Crippen LogP contribution in [0.25, 0.3) is 32.9 Å². The van der Waals surface area contributed by atoms with Crippen LogP contribution in [0.5, 0.6) is 5.75 Å². The van der Waals surface area contributed by atoms with Crippen molar-refractivity contribution < 1.29 is 14.7 Å². The molecular formula is C38H34N4O3. The summed E-state index contributed by atoms with van der Waals surface area (Å²) in [5.41, 5.74) is 8.27. The number of carbonyl (C=O) groups is 2. The van der Waals surface area contributed by atoms with Crippen molar-refractivity contribution in [1.29, 1.82) is 0 Å². The van der Waals surface area contributed by atoms with Crippen LogP contribution in [-0.4, -0.2) is 32.9 Å². The Morgan fingerprint density at radius 3 is 2.67 bits per heavy atom. The van der Waals surface area contributed by atoms with Gasteiger partial charge in [-0.1, -0.05) is 54.6 Å². The largest absolute Gasteiger partial charge is 0.506 e. The summed E-state index contributed by atoms with van der Waals surface area (Å²) < 4.78 is 0. The summed E-state index contributed by atoms with van der Waals surface area (Å²) in [5.74, 6) is -0.501. The lowest BCUT2D eigenvalue weighted by Gasteiger charge is -2.22. The molecule has 0 saturated carbocycles. The number of aromatic amines is 1. The van der Waals surface area contributed by atoms with E-state index in [2.05, 4.69) is 38.8 Å². The predicted octanol–water partition coefficient (Wildman–Crippen LogP) is 6.63. The minimum atomic E-state index is -0.796. The van der Waals surface area contributed by atoms with Crippen molar-refractivity contribution in [1.82, 2.24) is 20.6 Å². The zero-order valence-corrected chi connectivity index (χ0v) is 24.8. The molecule has 7 nitrogen and oxygen atoms in total. The Bertz CT molecular complexity index is 2050. The molecule has 1 aliphatic rings. The van der Waals surface area contributed by atoms with Gasteiger partial charge in [0.05, 0.1) is 0 Å². The molecular weight excluding hydrogens is 560 g/mol. The van der Waals surface area contributed by atoms with E-state index in [0.29, 0.717) is 24.0 Å². The molecule has 4 aromatic carbocycles. The third-order valence-corrected chi connectivity index (χ3v) is 8.81. The van der Waals surface area contributed by atoms with Crippen molar-refractivity contribution >= 4 is 33.6 Å². The molecule has 1 unspecified atom stereocenters. The molecule has 4 N–H and O–H groups in total. The molecule has 0 saturated heterocycles. The number of aromatic hydroxyl groups is 1. The van der Waals surface area contributed by atoms with E-state index in [1.807, 2.05) is 60.8 Å². The fraction of sp³-hybridized carbons (Fsp3) is 0.184. The molecule has 2 aromatic heterocycles. The molecule has 2 amide bonds. The normalized spacial score (nSPS) is 13.3. The molecule has 0 radical (unpaired) electrons. The minimum Gasteiger partial charge on any atom is -0.506 e. The van der Waals surface area contributed by atoms with Gasteiger partial charge in [0.2, 0.25) is 5.91 Å². The maximum absolute atomic E-state index is 13.8. The fourth-order valence-electron chi connectivity index (χ4n) is 6.48. The number of amides is 2. The van der Waals surface area contributed by atoms with Gasteiger partial charge in [-0.25, -0.2) is 0 Å². The first-order valence-corrected chi connectivity index (χ1v) is 15.4. The van der Waals surface area contributed by atoms with Crippen molar-refractivity contribution in [3.05, 3.63) is 131 Å². The lowest BCUT2D eigenvalue weighted by molar-refractivity contribution is -0.123. The van der Waals surface area contributed by atoms with Gasteiger partial charge in [-0.3, -0.25) is 14.6 Å². The number of para-hydroxylation sites is 1. The number of phenols is 1. The number of phenolic OH excluding ortho intramolecular Hbond substituents is 1. The van der Waals surface area contributed by atoms with Gasteiger partial charge in [-0.05, 0) is 95.5 Å². The van der Waals surface area contributed by atoms with Gasteiger partial charge in [0, 0.05) is 47.2 Å². The van der Waals surface area contributed by atoms with E-state index in [-0.39, 0.29) is 17.6 Å². The lowest BCUT2D eigenvalue weighted by Crippen LogP contribution is -2.47. The Hall–Kier alpha value is -5.43. The van der Waals surface area contributed by atoms with Crippen molar-refractivity contribution in [2.75, 3.05) is 0 Å². The molecule has 0 aliphatic heterocycles. The number of hydrogen-bond acceptors (Lipinski definition) is 4. The van der Waals surface area contributed by atoms with Crippen LogP contribution in [0.1, 0.15) is 45.5 Å². The maximum atomic E-state index is 13.8. The Morgan fingerprint density at radius 1 is 0.867 bits per heavy atom. The van der Waals surface area contributed by atoms with Crippen LogP contribution < -0.4 is 10.6 Å². The van der Waals surface area contributed by atoms with Crippen molar-refractivity contribution in [3.8, 4) is 16.9 Å². The predicted molar refractivity (Wildman–Crippen MR) is 177 cm³/mol. The Morgan fingerprint density at radius 2 is 1.73 bits per heavy atom. The standard InChI is InChI=1S/C38H34N4O3/c43-35-21-29(19-26-13-7-17-39-36(26)35)25-10-6-11-27(18-25)37(44)42-34(20-30-23-40-33-16-4-3-15-32(30)33)38(45)41-22-28-12-5-9-24-8-1-2-14-31(24)28/h3-7,9-13,15-19,21,23,34,40,43H,1-2,8,14,20,22H2,(H,41,45)(H,42,44). The summed E-state index contributed by atoms with van der Waals surface area (Å²) in [5, 5.41) is 18.6. The van der Waals surface area contributed by atoms with Crippen LogP contribution >= 0.6 is 0 Å². The highest BCUT2D eigenvalue weighted by Crippen LogP contribution is 2.31. The topological polar surface area (TPSA) is 107 Å². The van der Waals surface area contributed by atoms with E-state index in [4.69, 9.17) is 0 Å². The number of pyridine rings is 1. The average Bonchev–Trinajstić information content (AvgIpc) is 3.49. The highest BCUT2D eigenvalue weighted by molar-refractivity contribution is 5.99. The third kappa shape index (κ3) is 5.89. The first kappa shape index (κ1) is 28.3. The van der Waals surface area contributed by atoms with Gasteiger partial charge in [0.25, 0.3) is 5.91 Å². The molecule has 0 fully saturated rings. The molecule has 224 valence electrons. The smallest absolute Gasteiger partial charge is 0.251 e. The van der Waals surface area contributed by atoms with Crippen LogP contribution in [-0.2, 0) is 30.6 Å². The van der Waals surface area contributed by atoms with E-state index in [9.17, 15) is 14.7 Å². The summed E-state index contributed by atoms with van der Waals surface area (Å²) in [6.07, 6.45) is 8.34. The van der Waals surface area contributed by atoms with Crippen molar-refractivity contribution in [2.45, 2.75) is 44.7 Å². The van der Waals surface area contributed by atoms with Crippen LogP contribution in [0.3, 0.4) is 0 Å². The first-order valence-electron chi connectivity index (χ1n) is 15.4. The fourth-order valence-corrected chi connectivity index (χ4v) is 6.48. The van der Waals surface area contributed by atoms with Crippen molar-refractivity contribution in [3.63, 3.8) is 0 Å². The number of aromatic nitrogens is 2. The molecule has 7 rings (SSSR count). The number of H-pyrrole nitrogens is 1. The second kappa shape index (κ2) is 12.3. The van der Waals surface area contributed by atoms with Crippen LogP contribution in [0.15, 0.2) is 103 Å². The van der Waals surface area contributed by atoms with E-state index in [1.54, 1.807) is 24.4 Å². The zero-order valence-electron chi connectivity index (χ0n) is 24.8. The number of carbonyl (C=O) groups excluding carboxylic acids is 2. The number of rotatable bonds is 8. The Balaban J connectivity index is 1.15. The van der Waals surface area contributed by atoms with Crippen LogP contribution in [0.2, 0.25) is 0 Å². The average molecular weight is 595 g/mol. The monoisotopic (exact) mass is 594 g/mol. The summed E-state index contributed by atoms with van der Waals surface area (Å²) in [6.45, 7) is 0.415. The zero-order chi connectivity index (χ0) is 30.8. The van der Waals surface area contributed by atoms with E-state index >= 15 is 0 Å². The summed E-state index contributed by atoms with van der Waals surface area (Å²) in [6, 6.07) is 28.0. The minimum absolute atomic E-state index is 0.0769. The summed E-state index contributed by atoms with van der Waals surface area (Å²) >= 11 is 0. The molecule has 2 heterocycles. The van der Waals surface area contributed by atoms with E-state index in [0.717, 1.165) is 57.8 Å². The number of nitrogens with one attached hydrogen (secondary N) is 3. The van der Waals surface area contributed by atoms with Crippen molar-refractivity contribution in [2.24, 2.45) is 0 Å². The van der Waals surface area contributed by atoms with E-state index < -0.39 is 6.04 Å². The first-order chi connectivity index (χ1) is 22.0. The molecule has 7 heteroatoms. The van der Waals surface area contributed by atoms with Gasteiger partial charge in [0.15, 0.2) is 0 Å². The van der Waals surface area contributed by atoms with E-state index in [1.165, 1.54) is 17.5 Å². The lowest BCUT2D eigenvalue weighted by atomic mass is 9.88. The van der Waals surface area contributed by atoms with Gasteiger partial charge < -0.3 is 20.7 Å². The van der Waals surface area contributed by atoms with Crippen LogP contribution in [0, 0.1) is 0 Å². The highest BCUT2D eigenvalue weighted by atomic mass is 16.3. The summed E-state index contributed by atoms with van der Waals surface area (Å²) in [7, 11) is 0. The highest BCUT2D eigenvalue weighted by Gasteiger charge is 2.24. The summed E-state index contributed by atoms with van der Waals surface area (Å²) in [4.78, 5) is 35.1. The number of benzene rings is 4. The quantitative estimate of drug-likeness (QED) is 0.159. The number of aryl methyl sites for hydroxylation is 1. The van der Waals surface area contributed by atoms with Gasteiger partial charge >= 0.3 is 0 Å². The number of nitrogens with zero attached hydrogens (tertiary/aromatic N) is 1. The Labute approximate surface area is 261 Å². The number of hydrogen-bond donors (Lipinski definition) is 4.